The van der Waals surface area contributed by atoms with Gasteiger partial charge in [0, 0.05) is 6.07 Å². The summed E-state index contributed by atoms with van der Waals surface area (Å²) in [6.45, 7) is 1.56. The Labute approximate surface area is 105 Å². The van der Waals surface area contributed by atoms with Crippen LogP contribution in [0.1, 0.15) is 17.3 Å². The van der Waals surface area contributed by atoms with Crippen LogP contribution in [0.5, 0.6) is 0 Å². The first-order valence-electron chi connectivity index (χ1n) is 5.03. The highest BCUT2D eigenvalue weighted by atomic mass is 19.2. The number of ether oxygens (including phenoxy) is 1. The molecule has 8 heteroatoms. The van der Waals surface area contributed by atoms with Crippen molar-refractivity contribution in [3.05, 3.63) is 57.2 Å². The van der Waals surface area contributed by atoms with E-state index in [1.54, 1.807) is 0 Å². The normalized spacial score (nSPS) is 11.3. The van der Waals surface area contributed by atoms with Crippen molar-refractivity contribution in [3.63, 3.8) is 0 Å². The molecule has 0 spiro atoms. The van der Waals surface area contributed by atoms with Crippen LogP contribution in [0.25, 0.3) is 0 Å². The number of rotatable bonds is 5. The second kappa shape index (κ2) is 5.98. The Balaban J connectivity index is 3.24. The quantitative estimate of drug-likeness (QED) is 0.207. The Kier molecular flexibility index (Phi) is 4.62. The first kappa shape index (κ1) is 14.7. The van der Waals surface area contributed by atoms with E-state index >= 15 is 0 Å². The Morgan fingerprint density at radius 2 is 1.89 bits per heavy atom. The molecule has 1 aromatic carbocycles. The summed E-state index contributed by atoms with van der Waals surface area (Å²) < 4.78 is 43.5. The smallest absolute Gasteiger partial charge is 0.350 e. The van der Waals surface area contributed by atoms with Gasteiger partial charge in [0.15, 0.2) is 17.9 Å². The minimum atomic E-state index is -1.49. The zero-order valence-electron chi connectivity index (χ0n) is 9.65. The lowest BCUT2D eigenvalue weighted by atomic mass is 10.1. The van der Waals surface area contributed by atoms with Gasteiger partial charge in [0.25, 0.3) is 5.78 Å². The van der Waals surface area contributed by atoms with Crippen molar-refractivity contribution in [2.24, 2.45) is 0 Å². The Bertz CT molecular complexity index is 557. The molecule has 0 saturated heterocycles. The zero-order valence-corrected chi connectivity index (χ0v) is 9.65. The van der Waals surface area contributed by atoms with Gasteiger partial charge in [0.05, 0.1) is 17.1 Å². The number of benzene rings is 1. The van der Waals surface area contributed by atoms with Crippen LogP contribution in [-0.4, -0.2) is 17.3 Å². The van der Waals surface area contributed by atoms with E-state index in [0.717, 1.165) is 0 Å². The lowest BCUT2D eigenvalue weighted by Gasteiger charge is -2.02. The Morgan fingerprint density at radius 1 is 1.32 bits per heavy atom. The van der Waals surface area contributed by atoms with Crippen molar-refractivity contribution in [1.29, 1.82) is 0 Å². The maximum Gasteiger partial charge on any atom is 0.350 e. The van der Waals surface area contributed by atoms with E-state index in [4.69, 9.17) is 0 Å². The lowest BCUT2D eigenvalue weighted by molar-refractivity contribution is -0.418. The van der Waals surface area contributed by atoms with Gasteiger partial charge in [-0.2, -0.15) is 0 Å². The number of ketones is 1. The van der Waals surface area contributed by atoms with E-state index in [1.807, 2.05) is 0 Å². The largest absolute Gasteiger partial charge is 0.494 e. The molecule has 0 heterocycles. The monoisotopic (exact) mass is 275 g/mol. The van der Waals surface area contributed by atoms with E-state index in [0.29, 0.717) is 6.26 Å². The van der Waals surface area contributed by atoms with Crippen molar-refractivity contribution in [2.45, 2.75) is 6.92 Å². The molecule has 0 fully saturated rings. The van der Waals surface area contributed by atoms with Crippen LogP contribution in [0.3, 0.4) is 0 Å². The second-order valence-corrected chi connectivity index (χ2v) is 3.29. The SMILES string of the molecule is CCO/C=C(/C(=O)c1cc(F)c(F)cc1F)[N+](=O)[O-]. The average Bonchev–Trinajstić information content (AvgIpc) is 2.33. The van der Waals surface area contributed by atoms with Crippen molar-refractivity contribution in [2.75, 3.05) is 6.61 Å². The van der Waals surface area contributed by atoms with Gasteiger partial charge >= 0.3 is 5.70 Å². The molecule has 0 bridgehead atoms. The number of hydrogen-bond acceptors (Lipinski definition) is 4. The molecule has 0 aromatic heterocycles. The highest BCUT2D eigenvalue weighted by molar-refractivity contribution is 6.07. The molecule has 0 N–H and O–H groups in total. The van der Waals surface area contributed by atoms with Gasteiger partial charge in [0.1, 0.15) is 5.82 Å². The first-order chi connectivity index (χ1) is 8.88. The molecule has 19 heavy (non-hydrogen) atoms. The van der Waals surface area contributed by atoms with Gasteiger partial charge in [-0.15, -0.1) is 0 Å². The third kappa shape index (κ3) is 3.30. The van der Waals surface area contributed by atoms with E-state index < -0.39 is 39.4 Å². The number of carbonyl (C=O) groups is 1. The van der Waals surface area contributed by atoms with Gasteiger partial charge in [-0.1, -0.05) is 0 Å². The number of Topliss-reactive ketones (excluding diaryl/α,β-unsaturated/α-hetero) is 1. The van der Waals surface area contributed by atoms with Gasteiger partial charge < -0.3 is 4.74 Å². The summed E-state index contributed by atoms with van der Waals surface area (Å²) in [5.74, 6) is -5.78. The minimum absolute atomic E-state index is 0.0465. The van der Waals surface area contributed by atoms with E-state index in [-0.39, 0.29) is 18.7 Å². The van der Waals surface area contributed by atoms with Crippen LogP contribution < -0.4 is 0 Å². The summed E-state index contributed by atoms with van der Waals surface area (Å²) in [7, 11) is 0. The number of hydrogen-bond donors (Lipinski definition) is 0. The maximum absolute atomic E-state index is 13.3. The van der Waals surface area contributed by atoms with Gasteiger partial charge in [-0.05, 0) is 13.0 Å². The van der Waals surface area contributed by atoms with E-state index in [1.165, 1.54) is 6.92 Å². The Hall–Kier alpha value is -2.38. The molecular weight excluding hydrogens is 267 g/mol. The van der Waals surface area contributed by atoms with Gasteiger partial charge in [-0.3, -0.25) is 14.9 Å². The molecule has 1 aromatic rings. The minimum Gasteiger partial charge on any atom is -0.494 e. The number of nitro groups is 1. The molecule has 0 aliphatic rings. The predicted molar refractivity (Wildman–Crippen MR) is 57.3 cm³/mol. The van der Waals surface area contributed by atoms with Crippen LogP contribution in [0.15, 0.2) is 24.1 Å². The molecule has 0 amide bonds. The van der Waals surface area contributed by atoms with E-state index in [9.17, 15) is 28.1 Å². The molecule has 5 nitrogen and oxygen atoms in total. The molecule has 102 valence electrons. The predicted octanol–water partition coefficient (Wildman–Crippen LogP) is 2.44. The van der Waals surface area contributed by atoms with Gasteiger partial charge in [0.2, 0.25) is 0 Å². The van der Waals surface area contributed by atoms with Crippen LogP contribution in [0.4, 0.5) is 13.2 Å². The van der Waals surface area contributed by atoms with Gasteiger partial charge in [-0.25, -0.2) is 13.2 Å². The highest BCUT2D eigenvalue weighted by Crippen LogP contribution is 2.17. The van der Waals surface area contributed by atoms with Crippen LogP contribution >= 0.6 is 0 Å². The number of carbonyl (C=O) groups excluding carboxylic acids is 1. The number of allylic oxidation sites excluding steroid dienone is 1. The van der Waals surface area contributed by atoms with Crippen LogP contribution in [0.2, 0.25) is 0 Å². The maximum atomic E-state index is 13.3. The number of halogens is 3. The van der Waals surface area contributed by atoms with Crippen molar-refractivity contribution >= 4 is 5.78 Å². The fraction of sp³-hybridized carbons (Fsp3) is 0.182. The van der Waals surface area contributed by atoms with Crippen LogP contribution in [-0.2, 0) is 4.74 Å². The highest BCUT2D eigenvalue weighted by Gasteiger charge is 2.28. The van der Waals surface area contributed by atoms with Crippen molar-refractivity contribution in [1.82, 2.24) is 0 Å². The average molecular weight is 275 g/mol. The molecule has 0 saturated carbocycles. The lowest BCUT2D eigenvalue weighted by Crippen LogP contribution is -2.14. The van der Waals surface area contributed by atoms with E-state index in [2.05, 4.69) is 4.74 Å². The third-order valence-electron chi connectivity index (χ3n) is 2.05. The second-order valence-electron chi connectivity index (χ2n) is 3.29. The molecular formula is C11H8F3NO4. The summed E-state index contributed by atoms with van der Waals surface area (Å²) in [4.78, 5) is 21.2. The summed E-state index contributed by atoms with van der Waals surface area (Å²) in [5.41, 5.74) is -2.02. The standard InChI is InChI=1S/C11H8F3NO4/c1-2-19-5-10(15(17)18)11(16)6-3-8(13)9(14)4-7(6)12/h3-5H,2H2,1H3/b10-5-. The van der Waals surface area contributed by atoms with Crippen LogP contribution in [0, 0.1) is 27.6 Å². The summed E-state index contributed by atoms with van der Waals surface area (Å²) >= 11 is 0. The molecule has 0 unspecified atom stereocenters. The number of nitrogens with zero attached hydrogens (tertiary/aromatic N) is 1. The fourth-order valence-corrected chi connectivity index (χ4v) is 1.18. The summed E-state index contributed by atoms with van der Waals surface area (Å²) in [6, 6.07) is 0.400. The van der Waals surface area contributed by atoms with Crippen molar-refractivity contribution in [3.8, 4) is 0 Å². The topological polar surface area (TPSA) is 69.4 Å². The van der Waals surface area contributed by atoms with Crippen molar-refractivity contribution < 1.29 is 27.6 Å². The first-order valence-corrected chi connectivity index (χ1v) is 5.03. The Morgan fingerprint density at radius 3 is 2.42 bits per heavy atom. The molecule has 0 atom stereocenters. The fourth-order valence-electron chi connectivity index (χ4n) is 1.18. The summed E-state index contributed by atoms with van der Waals surface area (Å²) in [6.07, 6.45) is 0.531. The summed E-state index contributed by atoms with van der Waals surface area (Å²) in [5, 5.41) is 10.6. The molecule has 0 aliphatic heterocycles. The third-order valence-corrected chi connectivity index (χ3v) is 2.05. The molecule has 1 rings (SSSR count). The molecule has 0 aliphatic carbocycles. The zero-order chi connectivity index (χ0) is 14.6. The molecule has 0 radical (unpaired) electrons.